The minimum Gasteiger partial charge on any atom is -0.378 e. The highest BCUT2D eigenvalue weighted by Gasteiger charge is 2.15. The van der Waals surface area contributed by atoms with Crippen molar-refractivity contribution in [2.75, 3.05) is 31.2 Å². The Kier molecular flexibility index (Phi) is 2.86. The monoisotopic (exact) mass is 207 g/mol. The van der Waals surface area contributed by atoms with Crippen LogP contribution in [0.1, 0.15) is 17.0 Å². The minimum absolute atomic E-state index is 0.773. The van der Waals surface area contributed by atoms with E-state index in [0.717, 1.165) is 43.6 Å². The maximum atomic E-state index is 5.31. The fraction of sp³-hybridized carbons (Fsp3) is 0.636. The number of hydrogen-bond acceptors (Lipinski definition) is 4. The molecule has 1 aliphatic rings. The van der Waals surface area contributed by atoms with Crippen molar-refractivity contribution in [2.45, 2.75) is 20.8 Å². The van der Waals surface area contributed by atoms with Crippen LogP contribution in [-0.2, 0) is 4.74 Å². The summed E-state index contributed by atoms with van der Waals surface area (Å²) in [5.41, 5.74) is 3.33. The van der Waals surface area contributed by atoms with Crippen LogP contribution in [0.5, 0.6) is 0 Å². The molecule has 1 aliphatic heterocycles. The Hall–Kier alpha value is -1.16. The first kappa shape index (κ1) is 10.4. The standard InChI is InChI=1S/C11H17N3O/c1-8-9(2)12-11(13-10(8)3)14-4-6-15-7-5-14/h4-7H2,1-3H3. The van der Waals surface area contributed by atoms with E-state index in [-0.39, 0.29) is 0 Å². The van der Waals surface area contributed by atoms with Crippen molar-refractivity contribution in [1.29, 1.82) is 0 Å². The Balaban J connectivity index is 2.27. The zero-order chi connectivity index (χ0) is 10.8. The van der Waals surface area contributed by atoms with Gasteiger partial charge in [-0.2, -0.15) is 0 Å². The molecule has 1 aromatic heterocycles. The molecule has 15 heavy (non-hydrogen) atoms. The molecule has 0 N–H and O–H groups in total. The minimum atomic E-state index is 0.773. The summed E-state index contributed by atoms with van der Waals surface area (Å²) in [6, 6.07) is 0. The topological polar surface area (TPSA) is 38.2 Å². The van der Waals surface area contributed by atoms with E-state index in [0.29, 0.717) is 0 Å². The normalized spacial score (nSPS) is 16.9. The van der Waals surface area contributed by atoms with E-state index in [1.54, 1.807) is 0 Å². The number of aryl methyl sites for hydroxylation is 2. The number of nitrogens with zero attached hydrogens (tertiary/aromatic N) is 3. The van der Waals surface area contributed by atoms with Gasteiger partial charge in [-0.15, -0.1) is 0 Å². The third-order valence-electron chi connectivity index (χ3n) is 2.91. The summed E-state index contributed by atoms with van der Waals surface area (Å²) in [5, 5.41) is 0. The average molecular weight is 207 g/mol. The summed E-state index contributed by atoms with van der Waals surface area (Å²) in [5.74, 6) is 0.846. The molecule has 0 atom stereocenters. The second-order valence-electron chi connectivity index (χ2n) is 3.92. The third kappa shape index (κ3) is 2.09. The first-order valence-electron chi connectivity index (χ1n) is 5.33. The first-order chi connectivity index (χ1) is 7.18. The summed E-state index contributed by atoms with van der Waals surface area (Å²) in [7, 11) is 0. The van der Waals surface area contributed by atoms with Gasteiger partial charge in [0, 0.05) is 24.5 Å². The van der Waals surface area contributed by atoms with Gasteiger partial charge in [0.15, 0.2) is 0 Å². The predicted molar refractivity (Wildman–Crippen MR) is 59.3 cm³/mol. The maximum Gasteiger partial charge on any atom is 0.225 e. The van der Waals surface area contributed by atoms with Crippen LogP contribution in [0.4, 0.5) is 5.95 Å². The van der Waals surface area contributed by atoms with Crippen LogP contribution < -0.4 is 4.90 Å². The molecule has 0 bridgehead atoms. The second-order valence-corrected chi connectivity index (χ2v) is 3.92. The largest absolute Gasteiger partial charge is 0.378 e. The van der Waals surface area contributed by atoms with Gasteiger partial charge in [-0.05, 0) is 26.3 Å². The Morgan fingerprint density at radius 3 is 2.07 bits per heavy atom. The Morgan fingerprint density at radius 2 is 1.53 bits per heavy atom. The molecular formula is C11H17N3O. The number of aromatic nitrogens is 2. The van der Waals surface area contributed by atoms with Crippen molar-refractivity contribution in [3.05, 3.63) is 17.0 Å². The molecule has 0 unspecified atom stereocenters. The summed E-state index contributed by atoms with van der Waals surface area (Å²) >= 11 is 0. The number of morpholine rings is 1. The van der Waals surface area contributed by atoms with Crippen molar-refractivity contribution in [2.24, 2.45) is 0 Å². The van der Waals surface area contributed by atoms with E-state index in [2.05, 4.69) is 21.8 Å². The van der Waals surface area contributed by atoms with E-state index in [1.807, 2.05) is 13.8 Å². The van der Waals surface area contributed by atoms with Crippen molar-refractivity contribution in [3.63, 3.8) is 0 Å². The molecule has 4 heteroatoms. The number of ether oxygens (including phenoxy) is 1. The van der Waals surface area contributed by atoms with Crippen LogP contribution in [0.3, 0.4) is 0 Å². The molecule has 4 nitrogen and oxygen atoms in total. The van der Waals surface area contributed by atoms with Crippen LogP contribution in [0, 0.1) is 20.8 Å². The lowest BCUT2D eigenvalue weighted by atomic mass is 10.2. The summed E-state index contributed by atoms with van der Waals surface area (Å²) in [4.78, 5) is 11.2. The molecule has 0 spiro atoms. The van der Waals surface area contributed by atoms with Crippen LogP contribution >= 0.6 is 0 Å². The molecule has 1 saturated heterocycles. The SMILES string of the molecule is Cc1nc(N2CCOCC2)nc(C)c1C. The summed E-state index contributed by atoms with van der Waals surface area (Å²) in [6.45, 7) is 9.46. The number of anilines is 1. The molecule has 1 fully saturated rings. The van der Waals surface area contributed by atoms with Crippen LogP contribution in [0.25, 0.3) is 0 Å². The van der Waals surface area contributed by atoms with Gasteiger partial charge in [0.25, 0.3) is 0 Å². The lowest BCUT2D eigenvalue weighted by Crippen LogP contribution is -2.37. The molecule has 0 saturated carbocycles. The molecule has 0 amide bonds. The Labute approximate surface area is 90.3 Å². The van der Waals surface area contributed by atoms with E-state index < -0.39 is 0 Å². The second kappa shape index (κ2) is 4.14. The van der Waals surface area contributed by atoms with Gasteiger partial charge in [-0.3, -0.25) is 0 Å². The van der Waals surface area contributed by atoms with Gasteiger partial charge in [0.05, 0.1) is 13.2 Å². The molecule has 0 aromatic carbocycles. The van der Waals surface area contributed by atoms with Gasteiger partial charge in [-0.1, -0.05) is 0 Å². The fourth-order valence-electron chi connectivity index (χ4n) is 1.66. The first-order valence-corrected chi connectivity index (χ1v) is 5.33. The van der Waals surface area contributed by atoms with E-state index in [4.69, 9.17) is 4.74 Å². The van der Waals surface area contributed by atoms with E-state index in [9.17, 15) is 0 Å². The number of hydrogen-bond donors (Lipinski definition) is 0. The van der Waals surface area contributed by atoms with Crippen molar-refractivity contribution >= 4 is 5.95 Å². The number of rotatable bonds is 1. The highest BCUT2D eigenvalue weighted by atomic mass is 16.5. The maximum absolute atomic E-state index is 5.31. The molecule has 2 rings (SSSR count). The van der Waals surface area contributed by atoms with Gasteiger partial charge in [0.1, 0.15) is 0 Å². The molecule has 1 aromatic rings. The van der Waals surface area contributed by atoms with Crippen molar-refractivity contribution < 1.29 is 4.74 Å². The van der Waals surface area contributed by atoms with Crippen LogP contribution in [0.15, 0.2) is 0 Å². The van der Waals surface area contributed by atoms with Gasteiger partial charge in [-0.25, -0.2) is 9.97 Å². The molecule has 2 heterocycles. The highest BCUT2D eigenvalue weighted by Crippen LogP contribution is 2.15. The Bertz CT molecular complexity index is 336. The molecular weight excluding hydrogens is 190 g/mol. The molecule has 82 valence electrons. The van der Waals surface area contributed by atoms with E-state index in [1.165, 1.54) is 5.56 Å². The molecule has 0 aliphatic carbocycles. The zero-order valence-corrected chi connectivity index (χ0v) is 9.58. The fourth-order valence-corrected chi connectivity index (χ4v) is 1.66. The van der Waals surface area contributed by atoms with Gasteiger partial charge >= 0.3 is 0 Å². The zero-order valence-electron chi connectivity index (χ0n) is 9.58. The van der Waals surface area contributed by atoms with E-state index >= 15 is 0 Å². The smallest absolute Gasteiger partial charge is 0.225 e. The quantitative estimate of drug-likeness (QED) is 0.694. The average Bonchev–Trinajstić information content (AvgIpc) is 2.26. The van der Waals surface area contributed by atoms with Crippen molar-refractivity contribution in [3.8, 4) is 0 Å². The van der Waals surface area contributed by atoms with Gasteiger partial charge < -0.3 is 9.64 Å². The lowest BCUT2D eigenvalue weighted by Gasteiger charge is -2.27. The third-order valence-corrected chi connectivity index (χ3v) is 2.91. The van der Waals surface area contributed by atoms with Gasteiger partial charge in [0.2, 0.25) is 5.95 Å². The summed E-state index contributed by atoms with van der Waals surface area (Å²) in [6.07, 6.45) is 0. The highest BCUT2D eigenvalue weighted by molar-refractivity contribution is 5.36. The van der Waals surface area contributed by atoms with Crippen molar-refractivity contribution in [1.82, 2.24) is 9.97 Å². The van der Waals surface area contributed by atoms with Crippen LogP contribution in [-0.4, -0.2) is 36.3 Å². The Morgan fingerprint density at radius 1 is 1.00 bits per heavy atom. The predicted octanol–water partition coefficient (Wildman–Crippen LogP) is 1.24. The van der Waals surface area contributed by atoms with Crippen LogP contribution in [0.2, 0.25) is 0 Å². The molecule has 0 radical (unpaired) electrons. The summed E-state index contributed by atoms with van der Waals surface area (Å²) < 4.78 is 5.31. The lowest BCUT2D eigenvalue weighted by molar-refractivity contribution is 0.122.